The van der Waals surface area contributed by atoms with Gasteiger partial charge in [-0.2, -0.15) is 0 Å². The monoisotopic (exact) mass is 773 g/mol. The maximum Gasteiger partial charge on any atom is 0.407 e. The third kappa shape index (κ3) is 11.6. The largest absolute Gasteiger partial charge is 0.480 e. The molecule has 2 atom stereocenters. The highest BCUT2D eigenvalue weighted by atomic mass is 32.2. The van der Waals surface area contributed by atoms with Gasteiger partial charge in [0.15, 0.2) is 0 Å². The molecular formula is C39H53F2N3O7SSi. The number of thioether (sulfide) groups is 1. The Labute approximate surface area is 316 Å². The van der Waals surface area contributed by atoms with E-state index < -0.39 is 49.0 Å². The smallest absolute Gasteiger partial charge is 0.407 e. The van der Waals surface area contributed by atoms with Gasteiger partial charge in [-0.05, 0) is 60.7 Å². The van der Waals surface area contributed by atoms with E-state index in [1.807, 2.05) is 30.3 Å². The molecule has 1 aliphatic carbocycles. The van der Waals surface area contributed by atoms with Crippen LogP contribution in [-0.2, 0) is 25.5 Å². The average molecular weight is 774 g/mol. The summed E-state index contributed by atoms with van der Waals surface area (Å²) in [4.78, 5) is 39.3. The van der Waals surface area contributed by atoms with Crippen molar-refractivity contribution in [3.05, 3.63) is 89.2 Å². The Kier molecular flexibility index (Phi) is 15.1. The van der Waals surface area contributed by atoms with Gasteiger partial charge < -0.3 is 35.6 Å². The number of carboxylic acids is 1. The van der Waals surface area contributed by atoms with E-state index >= 15 is 4.39 Å². The predicted octanol–water partition coefficient (Wildman–Crippen LogP) is 6.57. The van der Waals surface area contributed by atoms with Crippen LogP contribution in [0.15, 0.2) is 66.4 Å². The number of hydrogen-bond donors (Lipinski definition) is 4. The highest BCUT2D eigenvalue weighted by Gasteiger charge is 2.57. The number of aliphatic carboxylic acids is 1. The quantitative estimate of drug-likeness (QED) is 0.0974. The van der Waals surface area contributed by atoms with E-state index in [1.54, 1.807) is 11.0 Å². The number of halogens is 2. The number of allylic oxidation sites excluding steroid dienone is 2. The van der Waals surface area contributed by atoms with Gasteiger partial charge in [0, 0.05) is 51.0 Å². The fourth-order valence-electron chi connectivity index (χ4n) is 6.86. The minimum Gasteiger partial charge on any atom is -0.480 e. The number of ether oxygens (including phenoxy) is 2. The highest BCUT2D eigenvalue weighted by Crippen LogP contribution is 2.53. The van der Waals surface area contributed by atoms with Gasteiger partial charge in [-0.1, -0.05) is 69.2 Å². The molecule has 0 saturated heterocycles. The molecule has 2 amide bonds. The number of amides is 2. The van der Waals surface area contributed by atoms with Crippen LogP contribution in [-0.4, -0.2) is 90.7 Å². The van der Waals surface area contributed by atoms with Crippen LogP contribution in [0, 0.1) is 17.0 Å². The first-order chi connectivity index (χ1) is 25.1. The van der Waals surface area contributed by atoms with Crippen LogP contribution in [0.2, 0.25) is 25.7 Å². The van der Waals surface area contributed by atoms with Crippen molar-refractivity contribution in [2.45, 2.75) is 82.5 Å². The normalized spacial score (nSPS) is 18.9. The van der Waals surface area contributed by atoms with Gasteiger partial charge in [0.1, 0.15) is 17.7 Å². The highest BCUT2D eigenvalue weighted by molar-refractivity contribution is 8.00. The first kappa shape index (κ1) is 42.0. The Morgan fingerprint density at radius 1 is 1.09 bits per heavy atom. The molecule has 53 heavy (non-hydrogen) atoms. The lowest BCUT2D eigenvalue weighted by Gasteiger charge is -2.52. The van der Waals surface area contributed by atoms with Gasteiger partial charge in [-0.3, -0.25) is 9.59 Å². The number of benzene rings is 2. The molecule has 0 bridgehead atoms. The van der Waals surface area contributed by atoms with Crippen molar-refractivity contribution in [1.82, 2.24) is 10.2 Å². The second-order valence-corrected chi connectivity index (χ2v) is 21.7. The molecule has 4 rings (SSSR count). The molecule has 14 heteroatoms. The van der Waals surface area contributed by atoms with E-state index in [4.69, 9.17) is 15.2 Å². The summed E-state index contributed by atoms with van der Waals surface area (Å²) in [5.41, 5.74) is 6.10. The molecule has 1 heterocycles. The van der Waals surface area contributed by atoms with Crippen LogP contribution in [0.25, 0.3) is 5.57 Å². The molecule has 1 unspecified atom stereocenters. The number of nitrogens with zero attached hydrogens (tertiary/aromatic N) is 1. The second-order valence-electron chi connectivity index (χ2n) is 15.1. The summed E-state index contributed by atoms with van der Waals surface area (Å²) in [7, 11) is -1.39. The van der Waals surface area contributed by atoms with Crippen LogP contribution in [0.3, 0.4) is 0 Å². The summed E-state index contributed by atoms with van der Waals surface area (Å²) < 4.78 is 41.7. The van der Waals surface area contributed by atoms with Crippen molar-refractivity contribution in [3.8, 4) is 0 Å². The van der Waals surface area contributed by atoms with Crippen molar-refractivity contribution in [3.63, 3.8) is 0 Å². The van der Waals surface area contributed by atoms with Crippen LogP contribution in [0.1, 0.15) is 49.7 Å². The van der Waals surface area contributed by atoms with Gasteiger partial charge >= 0.3 is 12.1 Å². The summed E-state index contributed by atoms with van der Waals surface area (Å²) in [6.07, 6.45) is 6.15. The zero-order chi connectivity index (χ0) is 38.6. The number of aliphatic hydroxyl groups is 1. The van der Waals surface area contributed by atoms with Crippen LogP contribution in [0.4, 0.5) is 13.6 Å². The number of hydrogen-bond acceptors (Lipinski definition) is 8. The van der Waals surface area contributed by atoms with Crippen molar-refractivity contribution < 1.29 is 42.9 Å². The molecule has 2 aromatic rings. The minimum atomic E-state index is -2.03. The van der Waals surface area contributed by atoms with Gasteiger partial charge in [0.05, 0.1) is 24.0 Å². The molecule has 5 N–H and O–H groups in total. The van der Waals surface area contributed by atoms with Crippen molar-refractivity contribution in [2.75, 3.05) is 37.7 Å². The summed E-state index contributed by atoms with van der Waals surface area (Å²) in [6.45, 7) is 7.40. The number of carbonyl (C=O) groups is 3. The number of rotatable bonds is 18. The SMILES string of the molecule is C[Si](C)(C)CCOC(=O)NCCCN(CC1([C@]2(O)OC=CC(c3cc(F)ccc3F)=C2Cc2ccccc2)CCCCC1)C(=O)CSCC(N)C(=O)O. The molecule has 2 aromatic carbocycles. The third-order valence-corrected chi connectivity index (χ3v) is 12.6. The summed E-state index contributed by atoms with van der Waals surface area (Å²) in [6, 6.07) is 12.3. The van der Waals surface area contributed by atoms with Crippen LogP contribution in [0.5, 0.6) is 0 Å². The maximum absolute atomic E-state index is 15.5. The maximum atomic E-state index is 15.5. The van der Waals surface area contributed by atoms with Crippen molar-refractivity contribution in [1.29, 1.82) is 0 Å². The van der Waals surface area contributed by atoms with Crippen molar-refractivity contribution in [2.24, 2.45) is 11.1 Å². The molecule has 2 aliphatic rings. The molecule has 10 nitrogen and oxygen atoms in total. The summed E-state index contributed by atoms with van der Waals surface area (Å²) in [5.74, 6) is -4.81. The number of alkyl carbamates (subject to hydrolysis) is 1. The summed E-state index contributed by atoms with van der Waals surface area (Å²) >= 11 is 1.10. The van der Waals surface area contributed by atoms with Gasteiger partial charge in [-0.15, -0.1) is 11.8 Å². The first-order valence-electron chi connectivity index (χ1n) is 18.2. The van der Waals surface area contributed by atoms with Crippen molar-refractivity contribution >= 4 is 43.4 Å². The number of carbonyl (C=O) groups excluding carboxylic acids is 2. The van der Waals surface area contributed by atoms with E-state index in [-0.39, 0.29) is 49.0 Å². The van der Waals surface area contributed by atoms with E-state index in [2.05, 4.69) is 25.0 Å². The van der Waals surface area contributed by atoms with Gasteiger partial charge in [-0.25, -0.2) is 13.6 Å². The van der Waals surface area contributed by atoms with Gasteiger partial charge in [0.25, 0.3) is 0 Å². The fourth-order valence-corrected chi connectivity index (χ4v) is 8.44. The molecule has 1 aliphatic heterocycles. The Hall–Kier alpha value is -3.72. The molecular weight excluding hydrogens is 721 g/mol. The molecule has 0 radical (unpaired) electrons. The number of carboxylic acid groups (broad SMARTS) is 1. The Morgan fingerprint density at radius 2 is 1.81 bits per heavy atom. The zero-order valence-corrected chi connectivity index (χ0v) is 32.7. The first-order valence-corrected chi connectivity index (χ1v) is 23.0. The molecule has 0 spiro atoms. The standard InChI is InChI=1S/C39H53F2N3O7SSi/c1-53(2,3)22-21-50-37(48)43-18-10-19-44(35(45)26-52-25-34(42)36(46)47)27-38(16-8-5-9-17-38)39(49)32(23-28-11-6-4-7-12-28)30(15-20-51-39)31-24-29(40)13-14-33(31)41/h4,6-7,11-15,20,24,34,49H,5,8-10,16-19,21-23,25-27,42H2,1-3H3,(H,43,48)(H,46,47)/t34?,39-/m1/s1. The molecule has 0 aromatic heterocycles. The molecule has 1 saturated carbocycles. The second kappa shape index (κ2) is 19.0. The zero-order valence-electron chi connectivity index (χ0n) is 30.9. The van der Waals surface area contributed by atoms with E-state index in [9.17, 15) is 29.0 Å². The molecule has 1 fully saturated rings. The lowest BCUT2D eigenvalue weighted by atomic mass is 9.63. The Bertz CT molecular complexity index is 1630. The minimum absolute atomic E-state index is 0.0122. The third-order valence-electron chi connectivity index (χ3n) is 9.83. The number of nitrogens with two attached hydrogens (primary N) is 1. The van der Waals surface area contributed by atoms with E-state index in [0.717, 1.165) is 60.8 Å². The van der Waals surface area contributed by atoms with Crippen LogP contribution < -0.4 is 11.1 Å². The van der Waals surface area contributed by atoms with Crippen LogP contribution >= 0.6 is 11.8 Å². The number of nitrogens with one attached hydrogen (secondary N) is 1. The predicted molar refractivity (Wildman–Crippen MR) is 206 cm³/mol. The fraction of sp³-hybridized carbons (Fsp3) is 0.513. The van der Waals surface area contributed by atoms with Gasteiger partial charge in [0.2, 0.25) is 11.7 Å². The lowest BCUT2D eigenvalue weighted by molar-refractivity contribution is -0.236. The lowest BCUT2D eigenvalue weighted by Crippen LogP contribution is -2.59. The van der Waals surface area contributed by atoms with E-state index in [1.165, 1.54) is 6.26 Å². The Morgan fingerprint density at radius 3 is 2.49 bits per heavy atom. The van der Waals surface area contributed by atoms with E-state index in [0.29, 0.717) is 37.0 Å². The molecule has 290 valence electrons. The summed E-state index contributed by atoms with van der Waals surface area (Å²) in [5, 5.41) is 25.1. The average Bonchev–Trinajstić information content (AvgIpc) is 3.11. The Balaban J connectivity index is 1.68. The topological polar surface area (TPSA) is 151 Å².